The number of anilines is 1. The number of hydrogen-bond donors (Lipinski definition) is 2. The highest BCUT2D eigenvalue weighted by atomic mass is 16.3. The molecule has 0 aliphatic carbocycles. The second-order valence-corrected chi connectivity index (χ2v) is 5.01. The summed E-state index contributed by atoms with van der Waals surface area (Å²) in [6.07, 6.45) is 1.43. The SMILES string of the molecule is CCN(CCCNC(=O)CCC(C)O)c1ccccc1. The van der Waals surface area contributed by atoms with Crippen molar-refractivity contribution in [3.05, 3.63) is 30.3 Å². The first-order valence-electron chi connectivity index (χ1n) is 7.38. The van der Waals surface area contributed by atoms with Gasteiger partial charge in [0.2, 0.25) is 5.91 Å². The number of para-hydroxylation sites is 1. The third kappa shape index (κ3) is 6.57. The summed E-state index contributed by atoms with van der Waals surface area (Å²) >= 11 is 0. The molecule has 4 nitrogen and oxygen atoms in total. The number of carbonyl (C=O) groups excluding carboxylic acids is 1. The van der Waals surface area contributed by atoms with Crippen LogP contribution in [0.2, 0.25) is 0 Å². The van der Waals surface area contributed by atoms with Crippen LogP contribution in [0.1, 0.15) is 33.1 Å². The summed E-state index contributed by atoms with van der Waals surface area (Å²) in [7, 11) is 0. The minimum absolute atomic E-state index is 0.0219. The number of nitrogens with one attached hydrogen (secondary N) is 1. The van der Waals surface area contributed by atoms with Gasteiger partial charge in [-0.15, -0.1) is 0 Å². The minimum atomic E-state index is -0.408. The molecule has 2 N–H and O–H groups in total. The van der Waals surface area contributed by atoms with Crippen LogP contribution in [-0.2, 0) is 4.79 Å². The predicted molar refractivity (Wildman–Crippen MR) is 82.9 cm³/mol. The van der Waals surface area contributed by atoms with Crippen molar-refractivity contribution in [1.29, 1.82) is 0 Å². The molecular weight excluding hydrogens is 252 g/mol. The summed E-state index contributed by atoms with van der Waals surface area (Å²) in [5.74, 6) is 0.0219. The van der Waals surface area contributed by atoms with Gasteiger partial charge < -0.3 is 15.3 Å². The van der Waals surface area contributed by atoms with E-state index in [1.807, 2.05) is 18.2 Å². The molecule has 0 aliphatic rings. The highest BCUT2D eigenvalue weighted by molar-refractivity contribution is 5.75. The number of hydrogen-bond acceptors (Lipinski definition) is 3. The number of aliphatic hydroxyl groups excluding tert-OH is 1. The lowest BCUT2D eigenvalue weighted by molar-refractivity contribution is -0.121. The van der Waals surface area contributed by atoms with Crippen LogP contribution < -0.4 is 10.2 Å². The Labute approximate surface area is 121 Å². The van der Waals surface area contributed by atoms with E-state index in [0.717, 1.165) is 19.5 Å². The molecule has 1 atom stereocenters. The third-order valence-corrected chi connectivity index (χ3v) is 3.22. The van der Waals surface area contributed by atoms with Gasteiger partial charge in [-0.05, 0) is 38.8 Å². The zero-order valence-corrected chi connectivity index (χ0v) is 12.5. The number of nitrogens with zero attached hydrogens (tertiary/aromatic N) is 1. The average molecular weight is 278 g/mol. The fraction of sp³-hybridized carbons (Fsp3) is 0.562. The van der Waals surface area contributed by atoms with E-state index in [1.54, 1.807) is 6.92 Å². The average Bonchev–Trinajstić information content (AvgIpc) is 2.46. The zero-order chi connectivity index (χ0) is 14.8. The molecule has 20 heavy (non-hydrogen) atoms. The van der Waals surface area contributed by atoms with Gasteiger partial charge in [-0.2, -0.15) is 0 Å². The van der Waals surface area contributed by atoms with Crippen molar-refractivity contribution >= 4 is 11.6 Å². The molecule has 1 amide bonds. The molecule has 4 heteroatoms. The van der Waals surface area contributed by atoms with Crippen molar-refractivity contribution in [2.45, 2.75) is 39.2 Å². The highest BCUT2D eigenvalue weighted by Gasteiger charge is 2.05. The van der Waals surface area contributed by atoms with Gasteiger partial charge in [0.1, 0.15) is 0 Å². The molecule has 0 heterocycles. The normalized spacial score (nSPS) is 11.9. The Hall–Kier alpha value is -1.55. The lowest BCUT2D eigenvalue weighted by atomic mass is 10.2. The van der Waals surface area contributed by atoms with E-state index >= 15 is 0 Å². The maximum atomic E-state index is 11.5. The van der Waals surface area contributed by atoms with Gasteiger partial charge >= 0.3 is 0 Å². The lowest BCUT2D eigenvalue weighted by Gasteiger charge is -2.23. The van der Waals surface area contributed by atoms with Crippen molar-refractivity contribution in [3.63, 3.8) is 0 Å². The van der Waals surface area contributed by atoms with Crippen LogP contribution in [0, 0.1) is 0 Å². The Morgan fingerprint density at radius 2 is 2.05 bits per heavy atom. The van der Waals surface area contributed by atoms with E-state index in [4.69, 9.17) is 5.11 Å². The van der Waals surface area contributed by atoms with E-state index in [2.05, 4.69) is 29.3 Å². The number of carbonyl (C=O) groups is 1. The largest absolute Gasteiger partial charge is 0.393 e. The summed E-state index contributed by atoms with van der Waals surface area (Å²) in [5, 5.41) is 12.0. The Kier molecular flexibility index (Phi) is 7.73. The molecule has 0 bridgehead atoms. The standard InChI is InChI=1S/C16H26N2O2/c1-3-18(15-8-5-4-6-9-15)13-7-12-17-16(20)11-10-14(2)19/h4-6,8-9,14,19H,3,7,10-13H2,1-2H3,(H,17,20). The molecule has 0 radical (unpaired) electrons. The topological polar surface area (TPSA) is 52.6 Å². The maximum Gasteiger partial charge on any atom is 0.220 e. The van der Waals surface area contributed by atoms with Gasteiger partial charge in [0.15, 0.2) is 0 Å². The van der Waals surface area contributed by atoms with Crippen molar-refractivity contribution in [3.8, 4) is 0 Å². The Bertz CT molecular complexity index is 379. The van der Waals surface area contributed by atoms with Crippen molar-refractivity contribution < 1.29 is 9.90 Å². The number of rotatable bonds is 9. The van der Waals surface area contributed by atoms with Crippen LogP contribution in [0.15, 0.2) is 30.3 Å². The van der Waals surface area contributed by atoms with Crippen LogP contribution >= 0.6 is 0 Å². The van der Waals surface area contributed by atoms with Crippen LogP contribution in [0.4, 0.5) is 5.69 Å². The molecule has 1 aromatic carbocycles. The zero-order valence-electron chi connectivity index (χ0n) is 12.5. The first-order chi connectivity index (χ1) is 9.63. The molecule has 1 rings (SSSR count). The Morgan fingerprint density at radius 1 is 1.35 bits per heavy atom. The second-order valence-electron chi connectivity index (χ2n) is 5.01. The smallest absolute Gasteiger partial charge is 0.220 e. The molecule has 0 aromatic heterocycles. The summed E-state index contributed by atoms with van der Waals surface area (Å²) < 4.78 is 0. The van der Waals surface area contributed by atoms with E-state index in [1.165, 1.54) is 5.69 Å². The molecule has 1 aromatic rings. The van der Waals surface area contributed by atoms with Gasteiger partial charge in [-0.1, -0.05) is 18.2 Å². The minimum Gasteiger partial charge on any atom is -0.393 e. The van der Waals surface area contributed by atoms with Gasteiger partial charge in [-0.25, -0.2) is 0 Å². The summed E-state index contributed by atoms with van der Waals surface area (Å²) in [6, 6.07) is 10.3. The maximum absolute atomic E-state index is 11.5. The number of aliphatic hydroxyl groups is 1. The molecule has 0 fully saturated rings. The fourth-order valence-electron chi connectivity index (χ4n) is 2.03. The van der Waals surface area contributed by atoms with Gasteiger partial charge in [-0.3, -0.25) is 4.79 Å². The number of benzene rings is 1. The van der Waals surface area contributed by atoms with Crippen LogP contribution in [0.5, 0.6) is 0 Å². The lowest BCUT2D eigenvalue weighted by Crippen LogP contribution is -2.30. The molecule has 0 saturated heterocycles. The van der Waals surface area contributed by atoms with E-state index in [-0.39, 0.29) is 5.91 Å². The molecule has 112 valence electrons. The van der Waals surface area contributed by atoms with Crippen molar-refractivity contribution in [2.75, 3.05) is 24.5 Å². The summed E-state index contributed by atoms with van der Waals surface area (Å²) in [4.78, 5) is 13.8. The van der Waals surface area contributed by atoms with Crippen molar-refractivity contribution in [1.82, 2.24) is 5.32 Å². The number of amides is 1. The second kappa shape index (κ2) is 9.37. The Balaban J connectivity index is 2.21. The first-order valence-corrected chi connectivity index (χ1v) is 7.38. The third-order valence-electron chi connectivity index (χ3n) is 3.22. The molecule has 1 unspecified atom stereocenters. The van der Waals surface area contributed by atoms with E-state index in [0.29, 0.717) is 19.4 Å². The Morgan fingerprint density at radius 3 is 2.65 bits per heavy atom. The fourth-order valence-corrected chi connectivity index (χ4v) is 2.03. The van der Waals surface area contributed by atoms with Gasteiger partial charge in [0.25, 0.3) is 0 Å². The molecular formula is C16H26N2O2. The van der Waals surface area contributed by atoms with Gasteiger partial charge in [0, 0.05) is 31.7 Å². The molecule has 0 aliphatic heterocycles. The molecule has 0 spiro atoms. The van der Waals surface area contributed by atoms with Crippen LogP contribution in [0.25, 0.3) is 0 Å². The van der Waals surface area contributed by atoms with Crippen LogP contribution in [-0.4, -0.2) is 36.8 Å². The van der Waals surface area contributed by atoms with E-state index < -0.39 is 6.10 Å². The highest BCUT2D eigenvalue weighted by Crippen LogP contribution is 2.12. The summed E-state index contributed by atoms with van der Waals surface area (Å²) in [5.41, 5.74) is 1.22. The quantitative estimate of drug-likeness (QED) is 0.681. The first kappa shape index (κ1) is 16.5. The van der Waals surface area contributed by atoms with E-state index in [9.17, 15) is 4.79 Å². The monoisotopic (exact) mass is 278 g/mol. The predicted octanol–water partition coefficient (Wildman–Crippen LogP) is 2.18. The summed E-state index contributed by atoms with van der Waals surface area (Å²) in [6.45, 7) is 6.40. The van der Waals surface area contributed by atoms with Crippen molar-refractivity contribution in [2.24, 2.45) is 0 Å². The van der Waals surface area contributed by atoms with Gasteiger partial charge in [0.05, 0.1) is 6.10 Å². The molecule has 0 saturated carbocycles. The van der Waals surface area contributed by atoms with Crippen LogP contribution in [0.3, 0.4) is 0 Å².